The van der Waals surface area contributed by atoms with Crippen molar-refractivity contribution in [3.8, 4) is 11.3 Å². The fourth-order valence-electron chi connectivity index (χ4n) is 6.14. The Labute approximate surface area is 216 Å². The predicted octanol–water partition coefficient (Wildman–Crippen LogP) is 4.48. The lowest BCUT2D eigenvalue weighted by atomic mass is 9.84. The lowest BCUT2D eigenvalue weighted by Crippen LogP contribution is -2.57. The Hall–Kier alpha value is -3.65. The summed E-state index contributed by atoms with van der Waals surface area (Å²) in [7, 11) is 0. The molecule has 2 aliphatic heterocycles. The van der Waals surface area contributed by atoms with E-state index < -0.39 is 6.09 Å². The Balaban J connectivity index is 1.37. The molecule has 3 aromatic rings. The summed E-state index contributed by atoms with van der Waals surface area (Å²) in [6.45, 7) is 1.65. The van der Waals surface area contributed by atoms with Gasteiger partial charge in [0.1, 0.15) is 5.60 Å². The van der Waals surface area contributed by atoms with Gasteiger partial charge in [0.2, 0.25) is 0 Å². The maximum absolute atomic E-state index is 14.2. The molecule has 37 heavy (non-hydrogen) atoms. The molecule has 2 saturated heterocycles. The van der Waals surface area contributed by atoms with Gasteiger partial charge in [0.15, 0.2) is 5.69 Å². The minimum Gasteiger partial charge on any atom is -0.465 e. The molecule has 3 aliphatic rings. The molecule has 1 aromatic heterocycles. The first-order valence-corrected chi connectivity index (χ1v) is 13.1. The number of amides is 2. The number of carboxylic acid groups (broad SMARTS) is 1. The van der Waals surface area contributed by atoms with E-state index in [9.17, 15) is 14.7 Å². The van der Waals surface area contributed by atoms with Gasteiger partial charge in [0.25, 0.3) is 5.91 Å². The molecule has 2 amide bonds. The Kier molecular flexibility index (Phi) is 6.20. The van der Waals surface area contributed by atoms with E-state index in [1.807, 2.05) is 71.9 Å². The van der Waals surface area contributed by atoms with Crippen molar-refractivity contribution in [1.29, 1.82) is 0 Å². The summed E-state index contributed by atoms with van der Waals surface area (Å²) >= 11 is 0. The van der Waals surface area contributed by atoms with Crippen LogP contribution in [0.25, 0.3) is 11.3 Å². The first kappa shape index (κ1) is 23.7. The number of epoxide rings is 1. The molecular formula is C29H32N4O4. The minimum absolute atomic E-state index is 0.147. The van der Waals surface area contributed by atoms with E-state index in [0.717, 1.165) is 49.1 Å². The van der Waals surface area contributed by atoms with Gasteiger partial charge in [0.05, 0.1) is 30.7 Å². The maximum atomic E-state index is 14.2. The number of hydrogen-bond donors (Lipinski definition) is 1. The van der Waals surface area contributed by atoms with E-state index in [-0.39, 0.29) is 36.7 Å². The number of rotatable bonds is 5. The molecule has 1 N–H and O–H groups in total. The van der Waals surface area contributed by atoms with Crippen LogP contribution in [0.1, 0.15) is 47.8 Å². The van der Waals surface area contributed by atoms with Crippen molar-refractivity contribution < 1.29 is 19.4 Å². The number of carbonyl (C=O) groups excluding carboxylic acids is 1. The zero-order valence-corrected chi connectivity index (χ0v) is 20.8. The van der Waals surface area contributed by atoms with Crippen LogP contribution < -0.4 is 0 Å². The van der Waals surface area contributed by atoms with Crippen molar-refractivity contribution in [2.45, 2.75) is 49.8 Å². The first-order valence-electron chi connectivity index (χ1n) is 13.1. The zero-order chi connectivity index (χ0) is 25.4. The zero-order valence-electron chi connectivity index (χ0n) is 20.8. The highest BCUT2D eigenvalue weighted by Crippen LogP contribution is 2.50. The Morgan fingerprint density at radius 3 is 2.46 bits per heavy atom. The quantitative estimate of drug-likeness (QED) is 0.522. The number of piperazine rings is 1. The minimum atomic E-state index is -0.952. The lowest BCUT2D eigenvalue weighted by molar-refractivity contribution is 0.0447. The van der Waals surface area contributed by atoms with E-state index in [4.69, 9.17) is 9.72 Å². The highest BCUT2D eigenvalue weighted by Gasteiger charge is 2.54. The molecule has 1 aliphatic carbocycles. The third-order valence-corrected chi connectivity index (χ3v) is 8.16. The van der Waals surface area contributed by atoms with Crippen LogP contribution in [0, 0.1) is 0 Å². The van der Waals surface area contributed by atoms with Crippen molar-refractivity contribution >= 4 is 12.0 Å². The fraction of sp³-hybridized carbons (Fsp3) is 0.414. The number of imidazole rings is 1. The summed E-state index contributed by atoms with van der Waals surface area (Å²) < 4.78 is 8.17. The van der Waals surface area contributed by atoms with Gasteiger partial charge in [-0.2, -0.15) is 0 Å². The molecule has 2 unspecified atom stereocenters. The summed E-state index contributed by atoms with van der Waals surface area (Å²) in [6, 6.07) is 19.8. The van der Waals surface area contributed by atoms with Gasteiger partial charge in [-0.3, -0.25) is 4.79 Å². The predicted molar refractivity (Wildman–Crippen MR) is 138 cm³/mol. The van der Waals surface area contributed by atoms with Crippen molar-refractivity contribution in [3.63, 3.8) is 0 Å². The van der Waals surface area contributed by atoms with Crippen LogP contribution >= 0.6 is 0 Å². The van der Waals surface area contributed by atoms with Crippen LogP contribution in [0.5, 0.6) is 0 Å². The smallest absolute Gasteiger partial charge is 0.407 e. The molecular weight excluding hydrogens is 468 g/mol. The number of ether oxygens (including phenoxy) is 1. The molecule has 3 atom stereocenters. The molecule has 1 saturated carbocycles. The average molecular weight is 501 g/mol. The maximum Gasteiger partial charge on any atom is 0.407 e. The molecule has 1 spiro atoms. The van der Waals surface area contributed by atoms with Crippen LogP contribution in [-0.2, 0) is 11.2 Å². The van der Waals surface area contributed by atoms with Gasteiger partial charge in [0, 0.05) is 25.2 Å². The first-order chi connectivity index (χ1) is 18.1. The van der Waals surface area contributed by atoms with Crippen molar-refractivity contribution in [3.05, 3.63) is 78.2 Å². The van der Waals surface area contributed by atoms with Crippen molar-refractivity contribution in [2.75, 3.05) is 26.2 Å². The summed E-state index contributed by atoms with van der Waals surface area (Å²) in [5.74, 6) is -0.148. The normalized spacial score (nSPS) is 25.3. The molecule has 3 heterocycles. The highest BCUT2D eigenvalue weighted by molar-refractivity contribution is 5.98. The molecule has 192 valence electrons. The van der Waals surface area contributed by atoms with E-state index in [1.165, 1.54) is 4.90 Å². The van der Waals surface area contributed by atoms with Gasteiger partial charge in [-0.15, -0.1) is 0 Å². The van der Waals surface area contributed by atoms with Crippen LogP contribution in [0.2, 0.25) is 0 Å². The van der Waals surface area contributed by atoms with Crippen LogP contribution in [-0.4, -0.2) is 74.3 Å². The second kappa shape index (κ2) is 9.67. The summed E-state index contributed by atoms with van der Waals surface area (Å²) in [6.07, 6.45) is 5.76. The van der Waals surface area contributed by atoms with Crippen LogP contribution in [0.4, 0.5) is 4.79 Å². The number of nitrogens with zero attached hydrogens (tertiary/aromatic N) is 4. The number of hydrogen-bond acceptors (Lipinski definition) is 4. The number of benzene rings is 2. The second-order valence-electron chi connectivity index (χ2n) is 10.4. The van der Waals surface area contributed by atoms with Gasteiger partial charge in [-0.25, -0.2) is 9.78 Å². The lowest BCUT2D eigenvalue weighted by Gasteiger charge is -2.40. The van der Waals surface area contributed by atoms with E-state index >= 15 is 0 Å². The highest BCUT2D eigenvalue weighted by atomic mass is 16.6. The standard InChI is InChI=1S/C29H32N4O4/c34-27(32-16-15-31(28(35)36)18-23(32)17-21-9-3-1-4-10-21)25-26(22-11-5-2-6-12-22)33(20-30-25)24-13-7-8-14-29(24)19-37-29/h1-6,9-12,20,23-24H,7-8,13-19H2,(H,35,36)/t23-,24?,29?/m1/s1. The van der Waals surface area contributed by atoms with Crippen LogP contribution in [0.3, 0.4) is 0 Å². The Morgan fingerprint density at radius 2 is 1.76 bits per heavy atom. The van der Waals surface area contributed by atoms with E-state index in [1.54, 1.807) is 0 Å². The summed E-state index contributed by atoms with van der Waals surface area (Å²) in [4.78, 5) is 33.9. The number of carbonyl (C=O) groups is 2. The molecule has 0 bridgehead atoms. The van der Waals surface area contributed by atoms with Gasteiger partial charge in [-0.1, -0.05) is 73.5 Å². The fourth-order valence-corrected chi connectivity index (χ4v) is 6.14. The molecule has 2 aromatic carbocycles. The second-order valence-corrected chi connectivity index (χ2v) is 10.4. The van der Waals surface area contributed by atoms with Crippen LogP contribution in [0.15, 0.2) is 67.0 Å². The molecule has 6 rings (SSSR count). The van der Waals surface area contributed by atoms with Gasteiger partial charge < -0.3 is 24.2 Å². The Bertz CT molecular complexity index is 1270. The average Bonchev–Trinajstić information content (AvgIpc) is 3.55. The van der Waals surface area contributed by atoms with Gasteiger partial charge >= 0.3 is 6.09 Å². The monoisotopic (exact) mass is 500 g/mol. The molecule has 3 fully saturated rings. The van der Waals surface area contributed by atoms with Gasteiger partial charge in [-0.05, 0) is 24.8 Å². The largest absolute Gasteiger partial charge is 0.465 e. The molecule has 8 heteroatoms. The van der Waals surface area contributed by atoms with Crippen molar-refractivity contribution in [1.82, 2.24) is 19.4 Å². The van der Waals surface area contributed by atoms with E-state index in [0.29, 0.717) is 18.7 Å². The SMILES string of the molecule is O=C(O)N1CCN(C(=O)c2ncn(C3CCCCC34CO4)c2-c2ccccc2)[C@H](Cc2ccccc2)C1. The molecule has 0 radical (unpaired) electrons. The Morgan fingerprint density at radius 1 is 1.03 bits per heavy atom. The summed E-state index contributed by atoms with van der Waals surface area (Å²) in [5, 5.41) is 9.65. The van der Waals surface area contributed by atoms with Crippen molar-refractivity contribution in [2.24, 2.45) is 0 Å². The third-order valence-electron chi connectivity index (χ3n) is 8.16. The summed E-state index contributed by atoms with van der Waals surface area (Å²) in [5.41, 5.74) is 3.13. The number of aromatic nitrogens is 2. The van der Waals surface area contributed by atoms with E-state index in [2.05, 4.69) is 4.57 Å². The third kappa shape index (κ3) is 4.50. The molecule has 8 nitrogen and oxygen atoms in total. The topological polar surface area (TPSA) is 91.2 Å².